The first-order valence-corrected chi connectivity index (χ1v) is 10.5. The van der Waals surface area contributed by atoms with Crippen LogP contribution >= 0.6 is 0 Å². The van der Waals surface area contributed by atoms with Crippen LogP contribution in [0.2, 0.25) is 0 Å². The number of hydrazone groups is 1. The zero-order valence-corrected chi connectivity index (χ0v) is 17.5. The number of ether oxygens (including phenoxy) is 1. The van der Waals surface area contributed by atoms with E-state index in [0.29, 0.717) is 45.2 Å². The summed E-state index contributed by atoms with van der Waals surface area (Å²) in [5, 5.41) is 7.04. The molecule has 0 saturated carbocycles. The first kappa shape index (κ1) is 21.8. The third kappa shape index (κ3) is 6.57. The fourth-order valence-electron chi connectivity index (χ4n) is 3.81. The lowest BCUT2D eigenvalue weighted by Crippen LogP contribution is -2.44. The van der Waals surface area contributed by atoms with Crippen molar-refractivity contribution in [2.24, 2.45) is 11.0 Å². The number of carbonyl (C=O) groups excluding carboxylic acids is 3. The number of amides is 3. The zero-order valence-electron chi connectivity index (χ0n) is 17.5. The maximum absolute atomic E-state index is 12.6. The SMILES string of the molecule is COc1ccc(CC(=O)NCC2CCCN(C(=O)CCC3=NNC(=O)CC3)C2)cc1. The van der Waals surface area contributed by atoms with Gasteiger partial charge in [0.05, 0.1) is 13.5 Å². The quantitative estimate of drug-likeness (QED) is 0.675. The fraction of sp³-hybridized carbons (Fsp3) is 0.545. The Hall–Kier alpha value is -2.90. The van der Waals surface area contributed by atoms with Crippen LogP contribution in [-0.4, -0.2) is 55.1 Å². The van der Waals surface area contributed by atoms with Gasteiger partial charge in [0.25, 0.3) is 0 Å². The van der Waals surface area contributed by atoms with Crippen molar-refractivity contribution in [1.82, 2.24) is 15.6 Å². The molecule has 1 saturated heterocycles. The standard InChI is InChI=1S/C22H30N4O4/c1-30-19-8-4-16(5-9-19)13-21(28)23-14-17-3-2-12-26(15-17)22(29)11-7-18-6-10-20(27)25-24-18/h4-5,8-9,17H,2-3,6-7,10-15H2,1H3,(H,23,28)(H,25,27). The second-order valence-corrected chi connectivity index (χ2v) is 7.89. The minimum absolute atomic E-state index is 0.0130. The predicted octanol–water partition coefficient (Wildman–Crippen LogP) is 1.64. The molecule has 2 N–H and O–H groups in total. The van der Waals surface area contributed by atoms with Gasteiger partial charge < -0.3 is 15.0 Å². The molecule has 3 rings (SSSR count). The molecule has 3 amide bonds. The van der Waals surface area contributed by atoms with Crippen molar-refractivity contribution in [3.05, 3.63) is 29.8 Å². The van der Waals surface area contributed by atoms with Crippen LogP contribution in [0.5, 0.6) is 5.75 Å². The minimum Gasteiger partial charge on any atom is -0.497 e. The summed E-state index contributed by atoms with van der Waals surface area (Å²) in [6.45, 7) is 2.01. The van der Waals surface area contributed by atoms with Gasteiger partial charge in [-0.3, -0.25) is 14.4 Å². The van der Waals surface area contributed by atoms with E-state index in [1.807, 2.05) is 29.2 Å². The van der Waals surface area contributed by atoms with Gasteiger partial charge in [0, 0.05) is 38.2 Å². The van der Waals surface area contributed by atoms with Crippen molar-refractivity contribution in [3.63, 3.8) is 0 Å². The molecule has 2 aliphatic rings. The Kier molecular flexibility index (Phi) is 7.82. The highest BCUT2D eigenvalue weighted by Crippen LogP contribution is 2.18. The van der Waals surface area contributed by atoms with Crippen LogP contribution in [0.4, 0.5) is 0 Å². The summed E-state index contributed by atoms with van der Waals surface area (Å²) in [6.07, 6.45) is 4.34. The minimum atomic E-state index is -0.0713. The van der Waals surface area contributed by atoms with Crippen LogP contribution in [0.3, 0.4) is 0 Å². The van der Waals surface area contributed by atoms with E-state index < -0.39 is 0 Å². The number of hydrogen-bond acceptors (Lipinski definition) is 5. The number of piperidine rings is 1. The molecule has 1 atom stereocenters. The van der Waals surface area contributed by atoms with Crippen LogP contribution in [-0.2, 0) is 20.8 Å². The lowest BCUT2D eigenvalue weighted by Gasteiger charge is -2.33. The van der Waals surface area contributed by atoms with Gasteiger partial charge in [-0.15, -0.1) is 0 Å². The van der Waals surface area contributed by atoms with E-state index in [2.05, 4.69) is 15.8 Å². The highest BCUT2D eigenvalue weighted by atomic mass is 16.5. The van der Waals surface area contributed by atoms with Crippen LogP contribution in [0, 0.1) is 5.92 Å². The maximum atomic E-state index is 12.6. The molecule has 30 heavy (non-hydrogen) atoms. The molecule has 0 bridgehead atoms. The number of benzene rings is 1. The smallest absolute Gasteiger partial charge is 0.240 e. The summed E-state index contributed by atoms with van der Waals surface area (Å²) in [5.74, 6) is 1.07. The highest BCUT2D eigenvalue weighted by Gasteiger charge is 2.24. The van der Waals surface area contributed by atoms with Gasteiger partial charge >= 0.3 is 0 Å². The van der Waals surface area contributed by atoms with E-state index in [0.717, 1.165) is 36.4 Å². The maximum Gasteiger partial charge on any atom is 0.240 e. The van der Waals surface area contributed by atoms with Crippen molar-refractivity contribution < 1.29 is 19.1 Å². The molecule has 0 radical (unpaired) electrons. The number of hydrogen-bond donors (Lipinski definition) is 2. The van der Waals surface area contributed by atoms with Crippen molar-refractivity contribution in [2.45, 2.75) is 44.9 Å². The largest absolute Gasteiger partial charge is 0.497 e. The van der Waals surface area contributed by atoms with E-state index in [1.165, 1.54) is 0 Å². The van der Waals surface area contributed by atoms with Crippen molar-refractivity contribution in [3.8, 4) is 5.75 Å². The average Bonchev–Trinajstić information content (AvgIpc) is 2.78. The van der Waals surface area contributed by atoms with Gasteiger partial charge in [-0.2, -0.15) is 5.10 Å². The number of rotatable bonds is 8. The summed E-state index contributed by atoms with van der Waals surface area (Å²) >= 11 is 0. The van der Waals surface area contributed by atoms with E-state index in [9.17, 15) is 14.4 Å². The van der Waals surface area contributed by atoms with Crippen molar-refractivity contribution in [2.75, 3.05) is 26.7 Å². The normalized spacial score (nSPS) is 19.0. The number of methoxy groups -OCH3 is 1. The van der Waals surface area contributed by atoms with Crippen molar-refractivity contribution >= 4 is 23.4 Å². The zero-order chi connectivity index (χ0) is 21.3. The molecular formula is C22H30N4O4. The van der Waals surface area contributed by atoms with Crippen LogP contribution in [0.15, 0.2) is 29.4 Å². The summed E-state index contributed by atoms with van der Waals surface area (Å²) in [5.41, 5.74) is 4.29. The molecule has 1 unspecified atom stereocenters. The number of carbonyl (C=O) groups is 3. The summed E-state index contributed by atoms with van der Waals surface area (Å²) in [4.78, 5) is 37.9. The van der Waals surface area contributed by atoms with Gasteiger partial charge in [0.1, 0.15) is 5.75 Å². The number of likely N-dealkylation sites (tertiary alicyclic amines) is 1. The number of nitrogens with zero attached hydrogens (tertiary/aromatic N) is 2. The molecule has 162 valence electrons. The van der Waals surface area contributed by atoms with E-state index >= 15 is 0 Å². The van der Waals surface area contributed by atoms with E-state index in [1.54, 1.807) is 7.11 Å². The second-order valence-electron chi connectivity index (χ2n) is 7.89. The molecule has 0 spiro atoms. The Labute approximate surface area is 177 Å². The molecule has 1 aromatic carbocycles. The molecule has 1 fully saturated rings. The first-order chi connectivity index (χ1) is 14.5. The summed E-state index contributed by atoms with van der Waals surface area (Å²) < 4.78 is 5.13. The molecule has 0 aromatic heterocycles. The molecule has 2 heterocycles. The predicted molar refractivity (Wildman–Crippen MR) is 113 cm³/mol. The molecule has 2 aliphatic heterocycles. The molecule has 8 nitrogen and oxygen atoms in total. The third-order valence-electron chi connectivity index (χ3n) is 5.59. The van der Waals surface area contributed by atoms with Crippen LogP contribution in [0.25, 0.3) is 0 Å². The van der Waals surface area contributed by atoms with Gasteiger partial charge in [0.15, 0.2) is 0 Å². The van der Waals surface area contributed by atoms with Crippen LogP contribution in [0.1, 0.15) is 44.1 Å². The Morgan fingerprint density at radius 1 is 1.27 bits per heavy atom. The lowest BCUT2D eigenvalue weighted by atomic mass is 9.97. The highest BCUT2D eigenvalue weighted by molar-refractivity contribution is 5.94. The van der Waals surface area contributed by atoms with Gasteiger partial charge in [-0.1, -0.05) is 12.1 Å². The Morgan fingerprint density at radius 3 is 2.77 bits per heavy atom. The summed E-state index contributed by atoms with van der Waals surface area (Å²) in [6, 6.07) is 7.48. The lowest BCUT2D eigenvalue weighted by molar-refractivity contribution is -0.132. The first-order valence-electron chi connectivity index (χ1n) is 10.5. The average molecular weight is 415 g/mol. The molecular weight excluding hydrogens is 384 g/mol. The monoisotopic (exact) mass is 414 g/mol. The van der Waals surface area contributed by atoms with Gasteiger partial charge in [-0.05, 0) is 49.3 Å². The molecule has 0 aliphatic carbocycles. The molecule has 1 aromatic rings. The topological polar surface area (TPSA) is 100 Å². The van der Waals surface area contributed by atoms with Gasteiger partial charge in [0.2, 0.25) is 17.7 Å². The Morgan fingerprint density at radius 2 is 2.07 bits per heavy atom. The van der Waals surface area contributed by atoms with E-state index in [-0.39, 0.29) is 23.6 Å². The molecule has 8 heteroatoms. The van der Waals surface area contributed by atoms with Crippen LogP contribution < -0.4 is 15.5 Å². The Balaban J connectivity index is 1.38. The van der Waals surface area contributed by atoms with Crippen molar-refractivity contribution in [1.29, 1.82) is 0 Å². The Bertz CT molecular complexity index is 791. The second kappa shape index (κ2) is 10.8. The third-order valence-corrected chi connectivity index (χ3v) is 5.59. The fourth-order valence-corrected chi connectivity index (χ4v) is 3.81. The number of nitrogens with one attached hydrogen (secondary N) is 2. The summed E-state index contributed by atoms with van der Waals surface area (Å²) in [7, 11) is 1.61. The van der Waals surface area contributed by atoms with Gasteiger partial charge in [-0.25, -0.2) is 5.43 Å². The van der Waals surface area contributed by atoms with E-state index in [4.69, 9.17) is 4.74 Å².